The lowest BCUT2D eigenvalue weighted by Gasteiger charge is -2.52. The van der Waals surface area contributed by atoms with Crippen LogP contribution in [0, 0.1) is 5.41 Å². The van der Waals surface area contributed by atoms with Crippen molar-refractivity contribution >= 4 is 21.8 Å². The highest BCUT2D eigenvalue weighted by atomic mass is 79.9. The summed E-state index contributed by atoms with van der Waals surface area (Å²) in [6.45, 7) is 4.09. The molecular formula is C15H19BrN2O. The predicted octanol–water partition coefficient (Wildman–Crippen LogP) is 2.20. The van der Waals surface area contributed by atoms with Gasteiger partial charge < -0.3 is 10.2 Å². The molecule has 1 N–H and O–H groups in total. The second kappa shape index (κ2) is 5.25. The van der Waals surface area contributed by atoms with E-state index < -0.39 is 0 Å². The third kappa shape index (κ3) is 2.84. The number of rotatable bonds is 2. The van der Waals surface area contributed by atoms with E-state index in [-0.39, 0.29) is 5.91 Å². The summed E-state index contributed by atoms with van der Waals surface area (Å²) < 4.78 is 1.06. The fourth-order valence-corrected chi connectivity index (χ4v) is 3.39. The van der Waals surface area contributed by atoms with Crippen molar-refractivity contribution in [1.82, 2.24) is 10.2 Å². The molecule has 0 atom stereocenters. The van der Waals surface area contributed by atoms with Gasteiger partial charge in [0.25, 0.3) is 0 Å². The van der Waals surface area contributed by atoms with Gasteiger partial charge in [-0.25, -0.2) is 0 Å². The molecule has 1 aromatic carbocycles. The van der Waals surface area contributed by atoms with E-state index in [0.29, 0.717) is 11.8 Å². The molecule has 3 nitrogen and oxygen atoms in total. The van der Waals surface area contributed by atoms with Gasteiger partial charge in [0.05, 0.1) is 6.42 Å². The van der Waals surface area contributed by atoms with Crippen molar-refractivity contribution in [2.45, 2.75) is 19.3 Å². The molecule has 4 heteroatoms. The van der Waals surface area contributed by atoms with Crippen LogP contribution in [0.4, 0.5) is 0 Å². The first-order valence-electron chi connectivity index (χ1n) is 6.90. The Kier molecular flexibility index (Phi) is 3.63. The monoisotopic (exact) mass is 322 g/mol. The van der Waals surface area contributed by atoms with Gasteiger partial charge >= 0.3 is 0 Å². The number of nitrogens with one attached hydrogen (secondary N) is 1. The lowest BCUT2D eigenvalue weighted by atomic mass is 9.74. The third-order valence-electron chi connectivity index (χ3n) is 4.23. The van der Waals surface area contributed by atoms with E-state index >= 15 is 0 Å². The van der Waals surface area contributed by atoms with Crippen molar-refractivity contribution < 1.29 is 4.79 Å². The van der Waals surface area contributed by atoms with Crippen molar-refractivity contribution in [3.63, 3.8) is 0 Å². The van der Waals surface area contributed by atoms with Crippen molar-refractivity contribution in [2.75, 3.05) is 26.2 Å². The standard InChI is InChI=1S/C15H19BrN2O/c16-13-4-2-12(3-5-13)8-14(19)18-10-15(11-18)6-1-7-17-9-15/h2-5,17H,1,6-11H2. The van der Waals surface area contributed by atoms with E-state index in [9.17, 15) is 4.79 Å². The average Bonchev–Trinajstić information content (AvgIpc) is 2.39. The second-order valence-electron chi connectivity index (χ2n) is 5.83. The Balaban J connectivity index is 1.54. The van der Waals surface area contributed by atoms with Crippen LogP contribution < -0.4 is 5.32 Å². The Labute approximate surface area is 122 Å². The molecule has 2 heterocycles. The van der Waals surface area contributed by atoms with Crippen LogP contribution in [-0.2, 0) is 11.2 Å². The maximum absolute atomic E-state index is 12.2. The van der Waals surface area contributed by atoms with Gasteiger partial charge in [-0.1, -0.05) is 28.1 Å². The number of nitrogens with zero attached hydrogens (tertiary/aromatic N) is 1. The van der Waals surface area contributed by atoms with Crippen LogP contribution in [0.1, 0.15) is 18.4 Å². The molecular weight excluding hydrogens is 304 g/mol. The molecule has 0 aromatic heterocycles. The Morgan fingerprint density at radius 1 is 1.32 bits per heavy atom. The maximum atomic E-state index is 12.2. The summed E-state index contributed by atoms with van der Waals surface area (Å²) in [5.74, 6) is 0.263. The lowest BCUT2D eigenvalue weighted by Crippen LogP contribution is -2.63. The number of likely N-dealkylation sites (tertiary alicyclic amines) is 1. The van der Waals surface area contributed by atoms with Gasteiger partial charge in [-0.3, -0.25) is 4.79 Å². The number of carbonyl (C=O) groups excluding carboxylic acids is 1. The maximum Gasteiger partial charge on any atom is 0.227 e. The third-order valence-corrected chi connectivity index (χ3v) is 4.76. The molecule has 2 fully saturated rings. The highest BCUT2D eigenvalue weighted by molar-refractivity contribution is 9.10. The SMILES string of the molecule is O=C(Cc1ccc(Br)cc1)N1CC2(CCCNC2)C1. The molecule has 2 aliphatic rings. The molecule has 0 saturated carbocycles. The molecule has 0 aliphatic carbocycles. The number of halogens is 1. The van der Waals surface area contributed by atoms with Gasteiger partial charge in [0.2, 0.25) is 5.91 Å². The number of amides is 1. The summed E-state index contributed by atoms with van der Waals surface area (Å²) in [4.78, 5) is 14.2. The summed E-state index contributed by atoms with van der Waals surface area (Å²) >= 11 is 3.41. The van der Waals surface area contributed by atoms with Crippen LogP contribution in [0.25, 0.3) is 0 Å². The van der Waals surface area contributed by atoms with Crippen LogP contribution in [0.15, 0.2) is 28.7 Å². The molecule has 1 aromatic rings. The summed E-state index contributed by atoms with van der Waals surface area (Å²) in [6.07, 6.45) is 3.04. The Morgan fingerprint density at radius 3 is 2.68 bits per heavy atom. The highest BCUT2D eigenvalue weighted by Crippen LogP contribution is 2.36. The molecule has 0 radical (unpaired) electrons. The molecule has 2 aliphatic heterocycles. The quantitative estimate of drug-likeness (QED) is 0.905. The van der Waals surface area contributed by atoms with Gasteiger partial charge in [0, 0.05) is 29.5 Å². The lowest BCUT2D eigenvalue weighted by molar-refractivity contribution is -0.143. The van der Waals surface area contributed by atoms with Gasteiger partial charge in [-0.15, -0.1) is 0 Å². The first-order chi connectivity index (χ1) is 9.17. The fourth-order valence-electron chi connectivity index (χ4n) is 3.13. The molecule has 19 heavy (non-hydrogen) atoms. The number of benzene rings is 1. The number of carbonyl (C=O) groups is 1. The minimum atomic E-state index is 0.263. The number of piperidine rings is 1. The Hall–Kier alpha value is -0.870. The zero-order chi connectivity index (χ0) is 13.3. The van der Waals surface area contributed by atoms with E-state index in [1.807, 2.05) is 29.2 Å². The first kappa shape index (κ1) is 13.1. The van der Waals surface area contributed by atoms with Crippen LogP contribution >= 0.6 is 15.9 Å². The van der Waals surface area contributed by atoms with Crippen molar-refractivity contribution in [3.05, 3.63) is 34.3 Å². The summed E-state index contributed by atoms with van der Waals surface area (Å²) in [6, 6.07) is 8.01. The van der Waals surface area contributed by atoms with E-state index in [2.05, 4.69) is 21.2 Å². The molecule has 0 bridgehead atoms. The number of hydrogen-bond donors (Lipinski definition) is 1. The van der Waals surface area contributed by atoms with Gasteiger partial charge in [0.1, 0.15) is 0 Å². The van der Waals surface area contributed by atoms with Gasteiger partial charge in [-0.2, -0.15) is 0 Å². The van der Waals surface area contributed by atoms with Crippen LogP contribution in [-0.4, -0.2) is 37.0 Å². The van der Waals surface area contributed by atoms with E-state index in [1.54, 1.807) is 0 Å². The summed E-state index contributed by atoms with van der Waals surface area (Å²) in [7, 11) is 0. The number of hydrogen-bond acceptors (Lipinski definition) is 2. The zero-order valence-electron chi connectivity index (χ0n) is 11.0. The molecule has 2 saturated heterocycles. The minimum Gasteiger partial charge on any atom is -0.341 e. The molecule has 1 spiro atoms. The van der Waals surface area contributed by atoms with Crippen molar-refractivity contribution in [3.8, 4) is 0 Å². The Bertz CT molecular complexity index is 458. The topological polar surface area (TPSA) is 32.3 Å². The van der Waals surface area contributed by atoms with Gasteiger partial charge in [0.15, 0.2) is 0 Å². The Morgan fingerprint density at radius 2 is 2.05 bits per heavy atom. The molecule has 102 valence electrons. The normalized spacial score (nSPS) is 21.2. The van der Waals surface area contributed by atoms with E-state index in [4.69, 9.17) is 0 Å². The smallest absolute Gasteiger partial charge is 0.227 e. The molecule has 1 amide bonds. The average molecular weight is 323 g/mol. The van der Waals surface area contributed by atoms with E-state index in [1.165, 1.54) is 12.8 Å². The minimum absolute atomic E-state index is 0.263. The zero-order valence-corrected chi connectivity index (χ0v) is 12.6. The van der Waals surface area contributed by atoms with Crippen molar-refractivity contribution in [1.29, 1.82) is 0 Å². The molecule has 0 unspecified atom stereocenters. The second-order valence-corrected chi connectivity index (χ2v) is 6.75. The van der Waals surface area contributed by atoms with Crippen molar-refractivity contribution in [2.24, 2.45) is 5.41 Å². The fraction of sp³-hybridized carbons (Fsp3) is 0.533. The van der Waals surface area contributed by atoms with Crippen LogP contribution in [0.2, 0.25) is 0 Å². The molecule has 3 rings (SSSR count). The van der Waals surface area contributed by atoms with E-state index in [0.717, 1.165) is 36.2 Å². The largest absolute Gasteiger partial charge is 0.341 e. The first-order valence-corrected chi connectivity index (χ1v) is 7.69. The summed E-state index contributed by atoms with van der Waals surface area (Å²) in [5, 5.41) is 3.45. The van der Waals surface area contributed by atoms with Gasteiger partial charge in [-0.05, 0) is 37.1 Å². The van der Waals surface area contributed by atoms with Crippen LogP contribution in [0.5, 0.6) is 0 Å². The predicted molar refractivity (Wildman–Crippen MR) is 79.0 cm³/mol. The van der Waals surface area contributed by atoms with Crippen LogP contribution in [0.3, 0.4) is 0 Å². The summed E-state index contributed by atoms with van der Waals surface area (Å²) in [5.41, 5.74) is 1.48. The highest BCUT2D eigenvalue weighted by Gasteiger charge is 2.45.